The monoisotopic (exact) mass is 256 g/mol. The zero-order valence-corrected chi connectivity index (χ0v) is 11.4. The Labute approximate surface area is 113 Å². The predicted octanol–water partition coefficient (Wildman–Crippen LogP) is 2.73. The van der Waals surface area contributed by atoms with Crippen LogP contribution >= 0.6 is 0 Å². The highest BCUT2D eigenvalue weighted by atomic mass is 16.3. The zero-order chi connectivity index (χ0) is 13.2. The number of aliphatic hydroxyl groups is 1. The van der Waals surface area contributed by atoms with E-state index in [-0.39, 0.29) is 6.61 Å². The molecule has 2 aromatic rings. The number of aromatic nitrogens is 2. The lowest BCUT2D eigenvalue weighted by molar-refractivity contribution is 0.297. The molecule has 1 N–H and O–H groups in total. The number of nitrogens with zero attached hydrogens (tertiary/aromatic N) is 2. The van der Waals surface area contributed by atoms with Crippen molar-refractivity contribution in [1.82, 2.24) is 9.55 Å². The van der Waals surface area contributed by atoms with Crippen molar-refractivity contribution >= 4 is 0 Å². The molecule has 3 rings (SSSR count). The van der Waals surface area contributed by atoms with Crippen molar-refractivity contribution in [3.63, 3.8) is 0 Å². The molecule has 0 amide bonds. The minimum atomic E-state index is 0.178. The van der Waals surface area contributed by atoms with Crippen LogP contribution in [0.4, 0.5) is 0 Å². The van der Waals surface area contributed by atoms with Crippen LogP contribution < -0.4 is 0 Å². The quantitative estimate of drug-likeness (QED) is 0.917. The second-order valence-electron chi connectivity index (χ2n) is 5.28. The van der Waals surface area contributed by atoms with Crippen LogP contribution in [0.25, 0.3) is 11.4 Å². The molecule has 1 aliphatic heterocycles. The molecular formula is C16H20N2O. The van der Waals surface area contributed by atoms with Crippen LogP contribution in [0.1, 0.15) is 29.8 Å². The van der Waals surface area contributed by atoms with Crippen LogP contribution in [0.5, 0.6) is 0 Å². The topological polar surface area (TPSA) is 38.1 Å². The normalized spacial score (nSPS) is 14.4. The lowest BCUT2D eigenvalue weighted by Crippen LogP contribution is -2.12. The molecule has 0 atom stereocenters. The van der Waals surface area contributed by atoms with Crippen LogP contribution in [0.15, 0.2) is 24.3 Å². The standard InChI is InChI=1S/C16H20N2O/c1-12-5-7-13(8-6-12)16-17-14(9-11-19)15-4-2-3-10-18(15)16/h5-8,19H,2-4,9-11H2,1H3. The Kier molecular flexibility index (Phi) is 3.38. The third-order valence-electron chi connectivity index (χ3n) is 3.86. The van der Waals surface area contributed by atoms with Gasteiger partial charge in [-0.25, -0.2) is 4.98 Å². The maximum Gasteiger partial charge on any atom is 0.140 e. The van der Waals surface area contributed by atoms with E-state index in [4.69, 9.17) is 4.98 Å². The molecule has 19 heavy (non-hydrogen) atoms. The van der Waals surface area contributed by atoms with Crippen molar-refractivity contribution in [2.24, 2.45) is 0 Å². The van der Waals surface area contributed by atoms with Crippen LogP contribution in [0.3, 0.4) is 0 Å². The van der Waals surface area contributed by atoms with Crippen molar-refractivity contribution in [3.05, 3.63) is 41.2 Å². The highest BCUT2D eigenvalue weighted by Gasteiger charge is 2.20. The van der Waals surface area contributed by atoms with E-state index in [0.717, 1.165) is 24.5 Å². The zero-order valence-electron chi connectivity index (χ0n) is 11.4. The molecule has 0 spiro atoms. The first kappa shape index (κ1) is 12.4. The summed E-state index contributed by atoms with van der Waals surface area (Å²) in [5, 5.41) is 9.19. The van der Waals surface area contributed by atoms with Crippen LogP contribution in [-0.2, 0) is 19.4 Å². The summed E-state index contributed by atoms with van der Waals surface area (Å²) in [4.78, 5) is 4.78. The average Bonchev–Trinajstić information content (AvgIpc) is 2.80. The fourth-order valence-corrected chi connectivity index (χ4v) is 2.85. The molecule has 0 radical (unpaired) electrons. The van der Waals surface area contributed by atoms with Gasteiger partial charge in [-0.05, 0) is 26.2 Å². The molecule has 0 unspecified atom stereocenters. The number of rotatable bonds is 3. The summed E-state index contributed by atoms with van der Waals surface area (Å²) in [5.41, 5.74) is 4.86. The Hall–Kier alpha value is -1.61. The van der Waals surface area contributed by atoms with Gasteiger partial charge in [-0.2, -0.15) is 0 Å². The average molecular weight is 256 g/mol. The van der Waals surface area contributed by atoms with Gasteiger partial charge in [0.25, 0.3) is 0 Å². The van der Waals surface area contributed by atoms with Crippen molar-refractivity contribution < 1.29 is 5.11 Å². The molecule has 100 valence electrons. The molecule has 1 aromatic heterocycles. The van der Waals surface area contributed by atoms with Crippen molar-refractivity contribution in [2.45, 2.75) is 39.2 Å². The number of imidazole rings is 1. The molecule has 0 saturated heterocycles. The Morgan fingerprint density at radius 1 is 1.21 bits per heavy atom. The number of fused-ring (bicyclic) bond motifs is 1. The third-order valence-corrected chi connectivity index (χ3v) is 3.86. The van der Waals surface area contributed by atoms with E-state index >= 15 is 0 Å². The lowest BCUT2D eigenvalue weighted by Gasteiger charge is -2.17. The summed E-state index contributed by atoms with van der Waals surface area (Å²) in [6.07, 6.45) is 4.22. The van der Waals surface area contributed by atoms with Gasteiger partial charge < -0.3 is 9.67 Å². The fourth-order valence-electron chi connectivity index (χ4n) is 2.85. The molecule has 2 heterocycles. The highest BCUT2D eigenvalue weighted by Crippen LogP contribution is 2.27. The number of hydrogen-bond acceptors (Lipinski definition) is 2. The number of aryl methyl sites for hydroxylation is 1. The smallest absolute Gasteiger partial charge is 0.140 e. The van der Waals surface area contributed by atoms with E-state index in [1.54, 1.807) is 0 Å². The third kappa shape index (κ3) is 2.30. The van der Waals surface area contributed by atoms with E-state index in [0.29, 0.717) is 6.42 Å². The van der Waals surface area contributed by atoms with E-state index in [1.807, 2.05) is 0 Å². The fraction of sp³-hybridized carbons (Fsp3) is 0.438. The summed E-state index contributed by atoms with van der Waals surface area (Å²) in [7, 11) is 0. The van der Waals surface area contributed by atoms with Crippen molar-refractivity contribution in [2.75, 3.05) is 6.61 Å². The van der Waals surface area contributed by atoms with Gasteiger partial charge in [0.1, 0.15) is 5.82 Å². The Balaban J connectivity index is 2.07. The summed E-state index contributed by atoms with van der Waals surface area (Å²) in [6, 6.07) is 8.54. The maximum atomic E-state index is 9.19. The van der Waals surface area contributed by atoms with E-state index in [2.05, 4.69) is 35.8 Å². The molecule has 1 aliphatic rings. The molecule has 0 saturated carbocycles. The van der Waals surface area contributed by atoms with Crippen molar-refractivity contribution in [1.29, 1.82) is 0 Å². The summed E-state index contributed by atoms with van der Waals surface area (Å²) >= 11 is 0. The number of hydrogen-bond donors (Lipinski definition) is 1. The van der Waals surface area contributed by atoms with Crippen molar-refractivity contribution in [3.8, 4) is 11.4 Å². The summed E-state index contributed by atoms with van der Waals surface area (Å²) in [5.74, 6) is 1.07. The second kappa shape index (κ2) is 5.17. The number of benzene rings is 1. The minimum absolute atomic E-state index is 0.178. The molecule has 3 nitrogen and oxygen atoms in total. The molecular weight excluding hydrogens is 236 g/mol. The predicted molar refractivity (Wildman–Crippen MR) is 76.1 cm³/mol. The van der Waals surface area contributed by atoms with Crippen LogP contribution in [0, 0.1) is 6.92 Å². The minimum Gasteiger partial charge on any atom is -0.396 e. The molecule has 0 fully saturated rings. The molecule has 1 aromatic carbocycles. The van der Waals surface area contributed by atoms with Gasteiger partial charge >= 0.3 is 0 Å². The summed E-state index contributed by atoms with van der Waals surface area (Å²) < 4.78 is 2.35. The molecule has 3 heteroatoms. The van der Waals surface area contributed by atoms with Crippen LogP contribution in [0.2, 0.25) is 0 Å². The van der Waals surface area contributed by atoms with Gasteiger partial charge in [0, 0.05) is 30.8 Å². The van der Waals surface area contributed by atoms with Gasteiger partial charge in [0.05, 0.1) is 5.69 Å². The SMILES string of the molecule is Cc1ccc(-c2nc(CCO)c3n2CCCC3)cc1. The second-order valence-corrected chi connectivity index (χ2v) is 5.28. The van der Waals surface area contributed by atoms with Gasteiger partial charge in [-0.15, -0.1) is 0 Å². The first-order valence-electron chi connectivity index (χ1n) is 7.06. The Morgan fingerprint density at radius 3 is 2.74 bits per heavy atom. The van der Waals surface area contributed by atoms with Gasteiger partial charge in [-0.3, -0.25) is 0 Å². The lowest BCUT2D eigenvalue weighted by atomic mass is 10.1. The van der Waals surface area contributed by atoms with E-state index in [1.165, 1.54) is 29.7 Å². The van der Waals surface area contributed by atoms with Gasteiger partial charge in [-0.1, -0.05) is 29.8 Å². The first-order chi connectivity index (χ1) is 9.29. The maximum absolute atomic E-state index is 9.19. The molecule has 0 bridgehead atoms. The molecule has 0 aliphatic carbocycles. The summed E-state index contributed by atoms with van der Waals surface area (Å²) in [6.45, 7) is 3.33. The van der Waals surface area contributed by atoms with E-state index in [9.17, 15) is 5.11 Å². The van der Waals surface area contributed by atoms with Crippen LogP contribution in [-0.4, -0.2) is 21.3 Å². The largest absolute Gasteiger partial charge is 0.396 e. The first-order valence-corrected chi connectivity index (χ1v) is 7.06. The number of aliphatic hydroxyl groups excluding tert-OH is 1. The van der Waals surface area contributed by atoms with Gasteiger partial charge in [0.15, 0.2) is 0 Å². The van der Waals surface area contributed by atoms with Gasteiger partial charge in [0.2, 0.25) is 0 Å². The highest BCUT2D eigenvalue weighted by molar-refractivity contribution is 5.57. The Bertz CT molecular complexity index is 569. The van der Waals surface area contributed by atoms with E-state index < -0.39 is 0 Å². The Morgan fingerprint density at radius 2 is 2.00 bits per heavy atom.